The van der Waals surface area contributed by atoms with Crippen LogP contribution in [-0.4, -0.2) is 41.9 Å². The van der Waals surface area contributed by atoms with Crippen LogP contribution in [0.15, 0.2) is 0 Å². The van der Waals surface area contributed by atoms with Gasteiger partial charge in [0.05, 0.1) is 6.10 Å². The van der Waals surface area contributed by atoms with Crippen molar-refractivity contribution in [1.29, 1.82) is 0 Å². The van der Waals surface area contributed by atoms with E-state index in [4.69, 9.17) is 10.2 Å². The molecule has 0 aliphatic heterocycles. The van der Waals surface area contributed by atoms with Gasteiger partial charge in [-0.05, 0) is 14.0 Å². The summed E-state index contributed by atoms with van der Waals surface area (Å²) in [4.78, 5) is 0. The summed E-state index contributed by atoms with van der Waals surface area (Å²) in [6.07, 6.45) is -4.10. The Balaban J connectivity index is 3.88. The lowest BCUT2D eigenvalue weighted by molar-refractivity contribution is -0.105. The average Bonchev–Trinajstić information content (AvgIpc) is 1.85. The van der Waals surface area contributed by atoms with E-state index < -0.39 is 18.1 Å². The van der Waals surface area contributed by atoms with Crippen LogP contribution in [0.5, 0.6) is 0 Å². The lowest BCUT2D eigenvalue weighted by Crippen LogP contribution is -2.40. The first kappa shape index (κ1) is 11.7. The maximum atomic E-state index is 12.0. The van der Waals surface area contributed by atoms with E-state index in [1.54, 1.807) is 7.05 Å². The first-order chi connectivity index (χ1) is 5.40. The molecule has 0 aromatic rings. The fourth-order valence-electron chi connectivity index (χ4n) is 0.874. The van der Waals surface area contributed by atoms with Gasteiger partial charge in [0, 0.05) is 13.0 Å². The number of aliphatic hydroxyl groups excluding tert-OH is 1. The molecule has 0 fully saturated rings. The molecule has 0 radical (unpaired) electrons. The van der Waals surface area contributed by atoms with E-state index in [1.807, 2.05) is 0 Å². The highest BCUT2D eigenvalue weighted by molar-refractivity contribution is 4.79. The average molecular weight is 183 g/mol. The van der Waals surface area contributed by atoms with Crippen molar-refractivity contribution in [2.75, 3.05) is 13.6 Å². The van der Waals surface area contributed by atoms with Crippen molar-refractivity contribution in [3.8, 4) is 0 Å². The van der Waals surface area contributed by atoms with Gasteiger partial charge in [0.25, 0.3) is 6.43 Å². The molecule has 3 N–H and O–H groups in total. The molecule has 0 saturated heterocycles. The molecule has 0 heterocycles. The third-order valence-corrected chi connectivity index (χ3v) is 1.56. The summed E-state index contributed by atoms with van der Waals surface area (Å²) in [5.41, 5.74) is -2.10. The van der Waals surface area contributed by atoms with Crippen LogP contribution in [0.1, 0.15) is 13.3 Å². The smallest absolute Gasteiger partial charge is 0.266 e. The van der Waals surface area contributed by atoms with Gasteiger partial charge in [-0.2, -0.15) is 0 Å². The highest BCUT2D eigenvalue weighted by Crippen LogP contribution is 2.20. The van der Waals surface area contributed by atoms with Gasteiger partial charge in [-0.3, -0.25) is 0 Å². The summed E-state index contributed by atoms with van der Waals surface area (Å²) in [5, 5.41) is 20.8. The van der Waals surface area contributed by atoms with Crippen LogP contribution in [0.4, 0.5) is 8.78 Å². The minimum atomic E-state index is -2.83. The van der Waals surface area contributed by atoms with Crippen LogP contribution in [-0.2, 0) is 0 Å². The van der Waals surface area contributed by atoms with Gasteiger partial charge in [-0.25, -0.2) is 8.78 Å². The van der Waals surface area contributed by atoms with Crippen molar-refractivity contribution >= 4 is 0 Å². The Morgan fingerprint density at radius 2 is 2.00 bits per heavy atom. The maximum absolute atomic E-state index is 12.0. The summed E-state index contributed by atoms with van der Waals surface area (Å²) < 4.78 is 24.1. The second kappa shape index (κ2) is 4.69. The van der Waals surface area contributed by atoms with Gasteiger partial charge >= 0.3 is 0 Å². The largest absolute Gasteiger partial charge is 0.392 e. The van der Waals surface area contributed by atoms with Crippen molar-refractivity contribution in [2.24, 2.45) is 0 Å². The van der Waals surface area contributed by atoms with E-state index in [9.17, 15) is 8.78 Å². The number of nitrogens with one attached hydrogen (secondary N) is 1. The molecule has 0 rings (SSSR count). The second-order valence-corrected chi connectivity index (χ2v) is 3.07. The molecular weight excluding hydrogens is 168 g/mol. The Kier molecular flexibility index (Phi) is 4.59. The summed E-state index contributed by atoms with van der Waals surface area (Å²) >= 11 is 0. The molecule has 0 amide bonds. The monoisotopic (exact) mass is 183 g/mol. The predicted octanol–water partition coefficient (Wildman–Crippen LogP) is -0.0271. The summed E-state index contributed by atoms with van der Waals surface area (Å²) in [7, 11) is 1.60. The van der Waals surface area contributed by atoms with E-state index in [-0.39, 0.29) is 13.0 Å². The Morgan fingerprint density at radius 3 is 2.33 bits per heavy atom. The molecule has 74 valence electrons. The van der Waals surface area contributed by atoms with Crippen molar-refractivity contribution in [3.63, 3.8) is 0 Å². The highest BCUT2D eigenvalue weighted by atomic mass is 19.3. The minimum Gasteiger partial charge on any atom is -0.392 e. The molecule has 2 atom stereocenters. The molecule has 5 heteroatoms. The maximum Gasteiger partial charge on any atom is 0.266 e. The van der Waals surface area contributed by atoms with Crippen LogP contribution < -0.4 is 5.32 Å². The van der Waals surface area contributed by atoms with E-state index in [0.717, 1.165) is 6.92 Å². The number of halogens is 2. The number of rotatable bonds is 5. The van der Waals surface area contributed by atoms with Gasteiger partial charge in [-0.1, -0.05) is 0 Å². The first-order valence-electron chi connectivity index (χ1n) is 3.73. The number of likely N-dealkylation sites (N-methyl/N-ethyl adjacent to an activating group) is 1. The quantitative estimate of drug-likeness (QED) is 0.561. The number of alkyl halides is 2. The third-order valence-electron chi connectivity index (χ3n) is 1.56. The third kappa shape index (κ3) is 3.94. The Bertz CT molecular complexity index is 131. The molecule has 12 heavy (non-hydrogen) atoms. The lowest BCUT2D eigenvalue weighted by atomic mass is 9.99. The molecule has 3 nitrogen and oxygen atoms in total. The van der Waals surface area contributed by atoms with Gasteiger partial charge in [0.2, 0.25) is 0 Å². The number of hydrogen-bond acceptors (Lipinski definition) is 3. The Labute approximate surface area is 70.4 Å². The first-order valence-corrected chi connectivity index (χ1v) is 3.73. The second-order valence-electron chi connectivity index (χ2n) is 3.07. The summed E-state index contributed by atoms with van der Waals surface area (Å²) in [6, 6.07) is 0. The van der Waals surface area contributed by atoms with Crippen LogP contribution >= 0.6 is 0 Å². The van der Waals surface area contributed by atoms with E-state index in [2.05, 4.69) is 5.32 Å². The zero-order valence-electron chi connectivity index (χ0n) is 7.22. The number of aliphatic hydroxyl groups is 2. The Morgan fingerprint density at radius 1 is 1.50 bits per heavy atom. The van der Waals surface area contributed by atoms with Gasteiger partial charge in [0.15, 0.2) is 0 Å². The zero-order chi connectivity index (χ0) is 9.78. The molecule has 0 saturated carbocycles. The van der Waals surface area contributed by atoms with Gasteiger partial charge < -0.3 is 15.5 Å². The standard InChI is InChI=1S/C7H15F2NO2/c1-7(12,6(8)9)3-5(11)4-10-2/h5-6,10-12H,3-4H2,1-2H3/t5-,7-/m0/s1. The molecule has 0 aromatic heterocycles. The van der Waals surface area contributed by atoms with Crippen LogP contribution in [0.25, 0.3) is 0 Å². The molecule has 0 bridgehead atoms. The molecule has 0 spiro atoms. The molecule has 0 aromatic carbocycles. The fourth-order valence-corrected chi connectivity index (χ4v) is 0.874. The topological polar surface area (TPSA) is 52.5 Å². The molecular formula is C7H15F2NO2. The number of hydrogen-bond donors (Lipinski definition) is 3. The molecule has 0 aliphatic rings. The summed E-state index contributed by atoms with van der Waals surface area (Å²) in [5.74, 6) is 0. The van der Waals surface area contributed by atoms with Gasteiger partial charge in [0.1, 0.15) is 5.60 Å². The van der Waals surface area contributed by atoms with E-state index in [1.165, 1.54) is 0 Å². The highest BCUT2D eigenvalue weighted by Gasteiger charge is 2.34. The lowest BCUT2D eigenvalue weighted by Gasteiger charge is -2.24. The van der Waals surface area contributed by atoms with Gasteiger partial charge in [-0.15, -0.1) is 0 Å². The van der Waals surface area contributed by atoms with Crippen LogP contribution in [0, 0.1) is 0 Å². The van der Waals surface area contributed by atoms with E-state index >= 15 is 0 Å². The van der Waals surface area contributed by atoms with Crippen molar-refractivity contribution in [1.82, 2.24) is 5.32 Å². The van der Waals surface area contributed by atoms with Crippen molar-refractivity contribution < 1.29 is 19.0 Å². The van der Waals surface area contributed by atoms with Crippen molar-refractivity contribution in [3.05, 3.63) is 0 Å². The van der Waals surface area contributed by atoms with E-state index in [0.29, 0.717) is 0 Å². The SMILES string of the molecule is CNC[C@@H](O)C[C@](C)(O)C(F)F. The van der Waals surface area contributed by atoms with Crippen LogP contribution in [0.3, 0.4) is 0 Å². The predicted molar refractivity (Wildman–Crippen MR) is 41.2 cm³/mol. The normalized spacial score (nSPS) is 19.2. The zero-order valence-corrected chi connectivity index (χ0v) is 7.22. The Hall–Kier alpha value is -0.260. The van der Waals surface area contributed by atoms with Crippen LogP contribution in [0.2, 0.25) is 0 Å². The summed E-state index contributed by atoms with van der Waals surface area (Å²) in [6.45, 7) is 1.21. The van der Waals surface area contributed by atoms with Crippen molar-refractivity contribution in [2.45, 2.75) is 31.5 Å². The molecule has 0 unspecified atom stereocenters. The minimum absolute atomic E-state index is 0.197. The fraction of sp³-hybridized carbons (Fsp3) is 1.00. The molecule has 0 aliphatic carbocycles.